The fraction of sp³-hybridized carbons (Fsp3) is 0.375. The molecule has 1 aliphatic heterocycles. The van der Waals surface area contributed by atoms with Crippen molar-refractivity contribution in [1.82, 2.24) is 10.2 Å². The molecule has 5 nitrogen and oxygen atoms in total. The first-order chi connectivity index (χ1) is 14.3. The first-order valence-corrected chi connectivity index (χ1v) is 10.3. The van der Waals surface area contributed by atoms with Gasteiger partial charge in [0, 0.05) is 37.2 Å². The van der Waals surface area contributed by atoms with Crippen LogP contribution < -0.4 is 5.32 Å². The monoisotopic (exact) mass is 392 g/mol. The molecule has 1 aromatic heterocycles. The lowest BCUT2D eigenvalue weighted by Gasteiger charge is -2.35. The predicted molar refractivity (Wildman–Crippen MR) is 114 cm³/mol. The summed E-state index contributed by atoms with van der Waals surface area (Å²) in [6.07, 6.45) is 3.50. The Balaban J connectivity index is 1.45. The van der Waals surface area contributed by atoms with Crippen LogP contribution in [0.5, 0.6) is 0 Å². The number of nitrogens with zero attached hydrogens (tertiary/aromatic N) is 1. The van der Waals surface area contributed by atoms with Crippen LogP contribution in [0.2, 0.25) is 0 Å². The molecule has 2 aromatic carbocycles. The summed E-state index contributed by atoms with van der Waals surface area (Å²) in [4.78, 5) is 15.4. The van der Waals surface area contributed by atoms with Gasteiger partial charge in [0.25, 0.3) is 5.91 Å². The highest BCUT2D eigenvalue weighted by atomic mass is 16.5. The van der Waals surface area contributed by atoms with Crippen molar-refractivity contribution in [2.45, 2.75) is 38.5 Å². The minimum Gasteiger partial charge on any atom is -0.451 e. The molecule has 0 saturated carbocycles. The Morgan fingerprint density at radius 3 is 2.76 bits per heavy atom. The number of rotatable bonds is 7. The van der Waals surface area contributed by atoms with E-state index in [4.69, 9.17) is 9.15 Å². The molecule has 2 heterocycles. The summed E-state index contributed by atoms with van der Waals surface area (Å²) >= 11 is 0. The number of ether oxygens (including phenoxy) is 1. The first-order valence-electron chi connectivity index (χ1n) is 10.3. The van der Waals surface area contributed by atoms with Crippen LogP contribution in [0.15, 0.2) is 59.0 Å². The first kappa shape index (κ1) is 19.7. The van der Waals surface area contributed by atoms with Crippen LogP contribution >= 0.6 is 0 Å². The standard InChI is InChI=1S/C24H28N2O3/c1-28-17-21-20-12-5-6-13-22(20)29-23(21)24(27)25-15-19-11-7-8-14-26(19)16-18-9-3-2-4-10-18/h2-6,9-10,12-13,19H,7-8,11,14-17H2,1H3,(H,25,27). The van der Waals surface area contributed by atoms with E-state index in [1.807, 2.05) is 30.3 Å². The molecule has 1 fully saturated rings. The van der Waals surface area contributed by atoms with Crippen molar-refractivity contribution in [2.75, 3.05) is 20.2 Å². The van der Waals surface area contributed by atoms with E-state index in [1.165, 1.54) is 18.4 Å². The summed E-state index contributed by atoms with van der Waals surface area (Å²) in [5.41, 5.74) is 2.84. The van der Waals surface area contributed by atoms with Gasteiger partial charge in [-0.15, -0.1) is 0 Å². The smallest absolute Gasteiger partial charge is 0.287 e. The second-order valence-electron chi connectivity index (χ2n) is 7.65. The van der Waals surface area contributed by atoms with Crippen molar-refractivity contribution in [1.29, 1.82) is 0 Å². The molecule has 5 heteroatoms. The molecule has 29 heavy (non-hydrogen) atoms. The molecular weight excluding hydrogens is 364 g/mol. The molecule has 1 atom stereocenters. The van der Waals surface area contributed by atoms with Gasteiger partial charge in [-0.3, -0.25) is 9.69 Å². The van der Waals surface area contributed by atoms with Crippen molar-refractivity contribution in [3.63, 3.8) is 0 Å². The number of hydrogen-bond donors (Lipinski definition) is 1. The number of nitrogens with one attached hydrogen (secondary N) is 1. The number of carbonyl (C=O) groups is 1. The van der Waals surface area contributed by atoms with Gasteiger partial charge in [0.1, 0.15) is 5.58 Å². The van der Waals surface area contributed by atoms with E-state index in [1.54, 1.807) is 7.11 Å². The minimum atomic E-state index is -0.168. The number of likely N-dealkylation sites (tertiary alicyclic amines) is 1. The van der Waals surface area contributed by atoms with Crippen LogP contribution in [0.4, 0.5) is 0 Å². The number of furan rings is 1. The highest BCUT2D eigenvalue weighted by Crippen LogP contribution is 2.27. The van der Waals surface area contributed by atoms with Crippen molar-refractivity contribution in [3.05, 3.63) is 71.5 Å². The third-order valence-corrected chi connectivity index (χ3v) is 5.67. The van der Waals surface area contributed by atoms with E-state index in [9.17, 15) is 4.79 Å². The maximum absolute atomic E-state index is 12.9. The van der Waals surface area contributed by atoms with Crippen LogP contribution in [0.25, 0.3) is 11.0 Å². The molecule has 1 amide bonds. The summed E-state index contributed by atoms with van der Waals surface area (Å²) in [6.45, 7) is 2.95. The molecule has 0 bridgehead atoms. The zero-order valence-electron chi connectivity index (χ0n) is 16.9. The lowest BCUT2D eigenvalue weighted by molar-refractivity contribution is 0.0877. The zero-order chi connectivity index (χ0) is 20.1. The molecule has 0 spiro atoms. The Hall–Kier alpha value is -2.63. The fourth-order valence-electron chi connectivity index (χ4n) is 4.18. The third kappa shape index (κ3) is 4.52. The lowest BCUT2D eigenvalue weighted by atomic mass is 10.0. The number of carbonyl (C=O) groups excluding carboxylic acids is 1. The average molecular weight is 392 g/mol. The fourth-order valence-corrected chi connectivity index (χ4v) is 4.18. The molecular formula is C24H28N2O3. The largest absolute Gasteiger partial charge is 0.451 e. The molecule has 0 radical (unpaired) electrons. The van der Waals surface area contributed by atoms with E-state index >= 15 is 0 Å². The van der Waals surface area contributed by atoms with Gasteiger partial charge in [0.05, 0.1) is 6.61 Å². The summed E-state index contributed by atoms with van der Waals surface area (Å²) in [5, 5.41) is 4.05. The minimum absolute atomic E-state index is 0.168. The summed E-state index contributed by atoms with van der Waals surface area (Å²) in [6, 6.07) is 18.6. The van der Waals surface area contributed by atoms with Gasteiger partial charge in [-0.25, -0.2) is 0 Å². The van der Waals surface area contributed by atoms with Crippen LogP contribution in [0.3, 0.4) is 0 Å². The van der Waals surface area contributed by atoms with Crippen LogP contribution in [0, 0.1) is 0 Å². The second-order valence-corrected chi connectivity index (χ2v) is 7.65. The molecule has 0 aliphatic carbocycles. The maximum Gasteiger partial charge on any atom is 0.287 e. The van der Waals surface area contributed by atoms with E-state index < -0.39 is 0 Å². The topological polar surface area (TPSA) is 54.7 Å². The van der Waals surface area contributed by atoms with E-state index in [-0.39, 0.29) is 5.91 Å². The van der Waals surface area contributed by atoms with Crippen LogP contribution in [0.1, 0.15) is 40.9 Å². The molecule has 4 rings (SSSR count). The summed E-state index contributed by atoms with van der Waals surface area (Å²) in [5.74, 6) is 0.192. The van der Waals surface area contributed by atoms with Gasteiger partial charge in [-0.1, -0.05) is 55.0 Å². The number of fused-ring (bicyclic) bond motifs is 1. The third-order valence-electron chi connectivity index (χ3n) is 5.67. The number of benzene rings is 2. The molecule has 1 N–H and O–H groups in total. The highest BCUT2D eigenvalue weighted by Gasteiger charge is 2.25. The molecule has 1 saturated heterocycles. The van der Waals surface area contributed by atoms with Gasteiger partial charge in [0.2, 0.25) is 0 Å². The Morgan fingerprint density at radius 1 is 1.14 bits per heavy atom. The Kier molecular flexibility index (Phi) is 6.27. The van der Waals surface area contributed by atoms with Crippen molar-refractivity contribution < 1.29 is 13.9 Å². The number of para-hydroxylation sites is 1. The lowest BCUT2D eigenvalue weighted by Crippen LogP contribution is -2.46. The van der Waals surface area contributed by atoms with Gasteiger partial charge in [0.15, 0.2) is 5.76 Å². The second kappa shape index (κ2) is 9.25. The van der Waals surface area contributed by atoms with Crippen molar-refractivity contribution in [3.8, 4) is 0 Å². The Bertz CT molecular complexity index is 951. The zero-order valence-corrected chi connectivity index (χ0v) is 16.9. The summed E-state index contributed by atoms with van der Waals surface area (Å²) < 4.78 is 11.2. The van der Waals surface area contributed by atoms with Gasteiger partial charge in [-0.05, 0) is 31.0 Å². The van der Waals surface area contributed by atoms with E-state index in [2.05, 4.69) is 34.5 Å². The van der Waals surface area contributed by atoms with E-state index in [0.29, 0.717) is 30.5 Å². The van der Waals surface area contributed by atoms with Gasteiger partial charge in [-0.2, -0.15) is 0 Å². The number of amides is 1. The molecule has 152 valence electrons. The normalized spacial score (nSPS) is 17.5. The number of piperidine rings is 1. The predicted octanol–water partition coefficient (Wildman–Crippen LogP) is 4.36. The number of methoxy groups -OCH3 is 1. The summed E-state index contributed by atoms with van der Waals surface area (Å²) in [7, 11) is 1.63. The molecule has 1 unspecified atom stereocenters. The molecule has 1 aliphatic rings. The maximum atomic E-state index is 12.9. The van der Waals surface area contributed by atoms with Gasteiger partial charge < -0.3 is 14.5 Å². The Morgan fingerprint density at radius 2 is 1.93 bits per heavy atom. The van der Waals surface area contributed by atoms with Crippen LogP contribution in [-0.4, -0.2) is 37.0 Å². The molecule has 3 aromatic rings. The van der Waals surface area contributed by atoms with Crippen molar-refractivity contribution >= 4 is 16.9 Å². The SMILES string of the molecule is COCc1c(C(=O)NCC2CCCCN2Cc2ccccc2)oc2ccccc12. The van der Waals surface area contributed by atoms with Gasteiger partial charge >= 0.3 is 0 Å². The van der Waals surface area contributed by atoms with Crippen LogP contribution in [-0.2, 0) is 17.9 Å². The van der Waals surface area contributed by atoms with Crippen molar-refractivity contribution in [2.24, 2.45) is 0 Å². The highest BCUT2D eigenvalue weighted by molar-refractivity contribution is 5.99. The average Bonchev–Trinajstić information content (AvgIpc) is 3.13. The number of hydrogen-bond acceptors (Lipinski definition) is 4. The Labute approximate surface area is 171 Å². The quantitative estimate of drug-likeness (QED) is 0.649. The van der Waals surface area contributed by atoms with E-state index in [0.717, 1.165) is 30.5 Å².